The maximum atomic E-state index is 6.28. The van der Waals surface area contributed by atoms with Gasteiger partial charge in [-0.05, 0) is 37.8 Å². The van der Waals surface area contributed by atoms with Gasteiger partial charge in [0, 0.05) is 5.54 Å². The quantitative estimate of drug-likeness (QED) is 0.448. The lowest BCUT2D eigenvalue weighted by Gasteiger charge is -2.23. The first kappa shape index (κ1) is 19.2. The SMILES string of the molecule is CCCCCCCCCCCCc1ccccc1C(C)(C)N. The highest BCUT2D eigenvalue weighted by Gasteiger charge is 2.17. The van der Waals surface area contributed by atoms with Crippen molar-refractivity contribution in [3.63, 3.8) is 0 Å². The maximum Gasteiger partial charge on any atom is 0.0355 e. The zero-order chi connectivity index (χ0) is 16.3. The van der Waals surface area contributed by atoms with E-state index >= 15 is 0 Å². The molecule has 2 N–H and O–H groups in total. The maximum absolute atomic E-state index is 6.28. The molecule has 0 atom stereocenters. The van der Waals surface area contributed by atoms with E-state index in [1.54, 1.807) is 0 Å². The molecule has 1 rings (SSSR count). The van der Waals surface area contributed by atoms with E-state index in [0.717, 1.165) is 0 Å². The third-order valence-corrected chi connectivity index (χ3v) is 4.51. The van der Waals surface area contributed by atoms with Crippen LogP contribution >= 0.6 is 0 Å². The monoisotopic (exact) mass is 303 g/mol. The molecule has 0 heterocycles. The largest absolute Gasteiger partial charge is 0.322 e. The smallest absolute Gasteiger partial charge is 0.0355 e. The molecular formula is C21H37N. The van der Waals surface area contributed by atoms with Crippen molar-refractivity contribution in [2.75, 3.05) is 0 Å². The standard InChI is InChI=1S/C21H37N/c1-4-5-6-7-8-9-10-11-12-13-16-19-17-14-15-18-20(19)21(2,3)22/h14-15,17-18H,4-13,16,22H2,1-3H3. The van der Waals surface area contributed by atoms with Crippen LogP contribution in [0.3, 0.4) is 0 Å². The summed E-state index contributed by atoms with van der Waals surface area (Å²) in [6, 6.07) is 8.68. The Morgan fingerprint density at radius 3 is 1.82 bits per heavy atom. The van der Waals surface area contributed by atoms with E-state index in [1.165, 1.54) is 81.8 Å². The Hall–Kier alpha value is -0.820. The molecule has 22 heavy (non-hydrogen) atoms. The highest BCUT2D eigenvalue weighted by atomic mass is 14.7. The van der Waals surface area contributed by atoms with Gasteiger partial charge >= 0.3 is 0 Å². The molecule has 0 radical (unpaired) electrons. The molecule has 0 saturated carbocycles. The third-order valence-electron chi connectivity index (χ3n) is 4.51. The summed E-state index contributed by atoms with van der Waals surface area (Å²) in [6.45, 7) is 6.48. The van der Waals surface area contributed by atoms with Gasteiger partial charge in [-0.3, -0.25) is 0 Å². The van der Waals surface area contributed by atoms with E-state index in [0.29, 0.717) is 0 Å². The van der Waals surface area contributed by atoms with Gasteiger partial charge in [-0.2, -0.15) is 0 Å². The molecule has 0 aliphatic heterocycles. The normalized spacial score (nSPS) is 11.8. The molecule has 0 unspecified atom stereocenters. The van der Waals surface area contributed by atoms with E-state index in [9.17, 15) is 0 Å². The molecule has 0 aromatic heterocycles. The molecule has 0 spiro atoms. The van der Waals surface area contributed by atoms with Crippen molar-refractivity contribution in [1.29, 1.82) is 0 Å². The van der Waals surface area contributed by atoms with Crippen molar-refractivity contribution in [2.24, 2.45) is 5.73 Å². The summed E-state index contributed by atoms with van der Waals surface area (Å²) in [4.78, 5) is 0. The van der Waals surface area contributed by atoms with Gasteiger partial charge in [0.15, 0.2) is 0 Å². The minimum absolute atomic E-state index is 0.227. The molecule has 0 fully saturated rings. The van der Waals surface area contributed by atoms with Crippen LogP contribution in [0, 0.1) is 0 Å². The number of nitrogens with two attached hydrogens (primary N) is 1. The van der Waals surface area contributed by atoms with E-state index in [1.807, 2.05) is 0 Å². The van der Waals surface area contributed by atoms with Crippen molar-refractivity contribution in [3.8, 4) is 0 Å². The van der Waals surface area contributed by atoms with Gasteiger partial charge in [-0.1, -0.05) is 89.0 Å². The average molecular weight is 304 g/mol. The van der Waals surface area contributed by atoms with Gasteiger partial charge in [0.1, 0.15) is 0 Å². The predicted molar refractivity (Wildman–Crippen MR) is 99.2 cm³/mol. The van der Waals surface area contributed by atoms with Gasteiger partial charge in [0.05, 0.1) is 0 Å². The molecule has 1 aromatic carbocycles. The van der Waals surface area contributed by atoms with Gasteiger partial charge < -0.3 is 5.73 Å². The Morgan fingerprint density at radius 2 is 1.27 bits per heavy atom. The zero-order valence-electron chi connectivity index (χ0n) is 15.2. The fraction of sp³-hybridized carbons (Fsp3) is 0.714. The van der Waals surface area contributed by atoms with E-state index in [-0.39, 0.29) is 5.54 Å². The number of aryl methyl sites for hydroxylation is 1. The second-order valence-electron chi connectivity index (χ2n) is 7.31. The van der Waals surface area contributed by atoms with Gasteiger partial charge in [0.25, 0.3) is 0 Å². The van der Waals surface area contributed by atoms with E-state index < -0.39 is 0 Å². The first-order chi connectivity index (χ1) is 10.6. The van der Waals surface area contributed by atoms with Crippen LogP contribution in [0.5, 0.6) is 0 Å². The number of benzene rings is 1. The van der Waals surface area contributed by atoms with Crippen molar-refractivity contribution in [2.45, 2.75) is 96.9 Å². The summed E-state index contributed by atoms with van der Waals surface area (Å²) in [6.07, 6.45) is 15.1. The van der Waals surface area contributed by atoms with Crippen molar-refractivity contribution in [3.05, 3.63) is 35.4 Å². The average Bonchev–Trinajstić information content (AvgIpc) is 2.48. The topological polar surface area (TPSA) is 26.0 Å². The molecule has 0 aliphatic carbocycles. The summed E-state index contributed by atoms with van der Waals surface area (Å²) in [5.41, 5.74) is 8.80. The summed E-state index contributed by atoms with van der Waals surface area (Å²) in [7, 11) is 0. The molecular weight excluding hydrogens is 266 g/mol. The molecule has 1 heteroatoms. The number of hydrogen-bond acceptors (Lipinski definition) is 1. The summed E-state index contributed by atoms with van der Waals surface area (Å²) in [5, 5.41) is 0. The number of hydrogen-bond donors (Lipinski definition) is 1. The van der Waals surface area contributed by atoms with Gasteiger partial charge in [0.2, 0.25) is 0 Å². The van der Waals surface area contributed by atoms with E-state index in [2.05, 4.69) is 45.0 Å². The lowest BCUT2D eigenvalue weighted by atomic mass is 9.89. The first-order valence-corrected chi connectivity index (χ1v) is 9.43. The Labute approximate surface area is 138 Å². The van der Waals surface area contributed by atoms with Crippen molar-refractivity contribution >= 4 is 0 Å². The number of rotatable bonds is 12. The van der Waals surface area contributed by atoms with E-state index in [4.69, 9.17) is 5.73 Å². The Morgan fingerprint density at radius 1 is 0.773 bits per heavy atom. The van der Waals surface area contributed by atoms with Gasteiger partial charge in [-0.25, -0.2) is 0 Å². The molecule has 0 aliphatic rings. The van der Waals surface area contributed by atoms with Crippen LogP contribution in [0.2, 0.25) is 0 Å². The molecule has 126 valence electrons. The second kappa shape index (κ2) is 10.8. The lowest BCUT2D eigenvalue weighted by molar-refractivity contribution is 0.538. The molecule has 1 nitrogen and oxygen atoms in total. The number of unbranched alkanes of at least 4 members (excludes halogenated alkanes) is 9. The summed E-state index contributed by atoms with van der Waals surface area (Å²) >= 11 is 0. The van der Waals surface area contributed by atoms with Gasteiger partial charge in [-0.15, -0.1) is 0 Å². The van der Waals surface area contributed by atoms with Crippen LogP contribution in [-0.4, -0.2) is 0 Å². The van der Waals surface area contributed by atoms with Crippen LogP contribution in [0.25, 0.3) is 0 Å². The minimum Gasteiger partial charge on any atom is -0.322 e. The van der Waals surface area contributed by atoms with Crippen LogP contribution in [-0.2, 0) is 12.0 Å². The summed E-state index contributed by atoms with van der Waals surface area (Å²) in [5.74, 6) is 0. The van der Waals surface area contributed by atoms with Crippen molar-refractivity contribution in [1.82, 2.24) is 0 Å². The van der Waals surface area contributed by atoms with Crippen LogP contribution in [0.15, 0.2) is 24.3 Å². The fourth-order valence-electron chi connectivity index (χ4n) is 3.17. The first-order valence-electron chi connectivity index (χ1n) is 9.43. The van der Waals surface area contributed by atoms with Crippen LogP contribution in [0.1, 0.15) is 96.1 Å². The lowest BCUT2D eigenvalue weighted by Crippen LogP contribution is -2.30. The fourth-order valence-corrected chi connectivity index (χ4v) is 3.17. The second-order valence-corrected chi connectivity index (χ2v) is 7.31. The van der Waals surface area contributed by atoms with Crippen molar-refractivity contribution < 1.29 is 0 Å². The molecule has 1 aromatic rings. The zero-order valence-corrected chi connectivity index (χ0v) is 15.2. The van der Waals surface area contributed by atoms with Crippen LogP contribution < -0.4 is 5.73 Å². The Balaban J connectivity index is 2.13. The highest BCUT2D eigenvalue weighted by molar-refractivity contribution is 5.32. The molecule has 0 amide bonds. The minimum atomic E-state index is -0.227. The molecule has 0 saturated heterocycles. The third kappa shape index (κ3) is 7.98. The Bertz CT molecular complexity index is 389. The van der Waals surface area contributed by atoms with Crippen LogP contribution in [0.4, 0.5) is 0 Å². The summed E-state index contributed by atoms with van der Waals surface area (Å²) < 4.78 is 0. The Kier molecular flexibility index (Phi) is 9.47. The molecule has 0 bridgehead atoms. The highest BCUT2D eigenvalue weighted by Crippen LogP contribution is 2.23. The predicted octanol–water partition coefficient (Wildman–Crippen LogP) is 6.34.